The lowest BCUT2D eigenvalue weighted by molar-refractivity contribution is 0.748. The topological polar surface area (TPSA) is 26.0 Å². The van der Waals surface area contributed by atoms with Crippen LogP contribution in [0, 0.1) is 6.92 Å². The molecule has 0 spiro atoms. The molecule has 0 aliphatic heterocycles. The first kappa shape index (κ1) is 14.6. The van der Waals surface area contributed by atoms with Crippen LogP contribution in [-0.4, -0.2) is 11.8 Å². The highest BCUT2D eigenvalue weighted by Crippen LogP contribution is 2.21. The van der Waals surface area contributed by atoms with Crippen LogP contribution in [0.2, 0.25) is 0 Å². The molecular formula is C16H18BrNS. The largest absolute Gasteiger partial charge is 0.327 e. The third-order valence-electron chi connectivity index (χ3n) is 2.86. The van der Waals surface area contributed by atoms with Crippen LogP contribution in [0.25, 0.3) is 0 Å². The Labute approximate surface area is 127 Å². The van der Waals surface area contributed by atoms with Crippen molar-refractivity contribution >= 4 is 27.7 Å². The van der Waals surface area contributed by atoms with Crippen LogP contribution >= 0.6 is 27.7 Å². The lowest BCUT2D eigenvalue weighted by atomic mass is 10.1. The molecule has 2 rings (SSSR count). The summed E-state index contributed by atoms with van der Waals surface area (Å²) in [5.41, 5.74) is 8.82. The minimum absolute atomic E-state index is 0.190. The minimum atomic E-state index is 0.190. The Hall–Kier alpha value is -0.770. The predicted octanol–water partition coefficient (Wildman–Crippen LogP) is 4.42. The summed E-state index contributed by atoms with van der Waals surface area (Å²) in [6.07, 6.45) is 0.936. The molecule has 1 unspecified atom stereocenters. The van der Waals surface area contributed by atoms with Gasteiger partial charge < -0.3 is 5.73 Å². The third kappa shape index (κ3) is 5.01. The summed E-state index contributed by atoms with van der Waals surface area (Å²) in [4.78, 5) is 1.27. The van der Waals surface area contributed by atoms with Gasteiger partial charge >= 0.3 is 0 Å². The van der Waals surface area contributed by atoms with Gasteiger partial charge in [-0.3, -0.25) is 0 Å². The van der Waals surface area contributed by atoms with Crippen LogP contribution in [0.15, 0.2) is 57.9 Å². The number of halogens is 1. The molecule has 0 saturated heterocycles. The van der Waals surface area contributed by atoms with Gasteiger partial charge in [-0.25, -0.2) is 0 Å². The molecule has 19 heavy (non-hydrogen) atoms. The molecule has 0 radical (unpaired) electrons. The van der Waals surface area contributed by atoms with Crippen LogP contribution in [0.5, 0.6) is 0 Å². The number of nitrogens with two attached hydrogens (primary N) is 1. The van der Waals surface area contributed by atoms with Gasteiger partial charge in [0, 0.05) is 21.2 Å². The van der Waals surface area contributed by atoms with E-state index in [9.17, 15) is 0 Å². The van der Waals surface area contributed by atoms with E-state index in [4.69, 9.17) is 5.73 Å². The van der Waals surface area contributed by atoms with Gasteiger partial charge in [0.15, 0.2) is 0 Å². The second-order valence-electron chi connectivity index (χ2n) is 4.72. The van der Waals surface area contributed by atoms with E-state index in [1.54, 1.807) is 0 Å². The van der Waals surface area contributed by atoms with Crippen LogP contribution < -0.4 is 5.73 Å². The Balaban J connectivity index is 1.84. The van der Waals surface area contributed by atoms with E-state index in [0.29, 0.717) is 0 Å². The summed E-state index contributed by atoms with van der Waals surface area (Å²) < 4.78 is 1.11. The molecule has 0 bridgehead atoms. The Bertz CT molecular complexity index is 525. The van der Waals surface area contributed by atoms with Crippen LogP contribution in [0.1, 0.15) is 11.1 Å². The van der Waals surface area contributed by atoms with Crippen LogP contribution in [0.4, 0.5) is 0 Å². The van der Waals surface area contributed by atoms with Gasteiger partial charge in [-0.05, 0) is 43.2 Å². The summed E-state index contributed by atoms with van der Waals surface area (Å²) in [5, 5.41) is 0. The van der Waals surface area contributed by atoms with Gasteiger partial charge in [-0.15, -0.1) is 11.8 Å². The maximum Gasteiger partial charge on any atom is 0.0176 e. The lowest BCUT2D eigenvalue weighted by Gasteiger charge is -2.12. The molecule has 0 fully saturated rings. The van der Waals surface area contributed by atoms with Crippen molar-refractivity contribution in [3.8, 4) is 0 Å². The number of benzene rings is 2. The average Bonchev–Trinajstić information content (AvgIpc) is 2.38. The third-order valence-corrected chi connectivity index (χ3v) is 4.59. The number of thioether (sulfide) groups is 1. The zero-order valence-corrected chi connectivity index (χ0v) is 13.4. The van der Waals surface area contributed by atoms with Crippen molar-refractivity contribution in [1.82, 2.24) is 0 Å². The molecule has 2 N–H and O–H groups in total. The van der Waals surface area contributed by atoms with Gasteiger partial charge in [-0.2, -0.15) is 0 Å². The van der Waals surface area contributed by atoms with Gasteiger partial charge in [0.2, 0.25) is 0 Å². The van der Waals surface area contributed by atoms with Crippen LogP contribution in [-0.2, 0) is 6.42 Å². The zero-order valence-electron chi connectivity index (χ0n) is 11.0. The molecule has 0 aliphatic carbocycles. The Morgan fingerprint density at radius 2 is 1.89 bits per heavy atom. The standard InChI is InChI=1S/C16H18BrNS/c1-12-3-2-4-13(9-12)10-15(18)11-19-16-7-5-14(17)6-8-16/h2-9,15H,10-11,18H2,1H3. The van der Waals surface area contributed by atoms with E-state index >= 15 is 0 Å². The van der Waals surface area contributed by atoms with Gasteiger partial charge in [0.1, 0.15) is 0 Å². The first-order valence-electron chi connectivity index (χ1n) is 6.33. The summed E-state index contributed by atoms with van der Waals surface area (Å²) in [6.45, 7) is 2.12. The quantitative estimate of drug-likeness (QED) is 0.818. The van der Waals surface area contributed by atoms with Crippen molar-refractivity contribution in [2.45, 2.75) is 24.3 Å². The number of hydrogen-bond acceptors (Lipinski definition) is 2. The van der Waals surface area contributed by atoms with Crippen LogP contribution in [0.3, 0.4) is 0 Å². The molecule has 100 valence electrons. The van der Waals surface area contributed by atoms with Crippen molar-refractivity contribution in [2.75, 3.05) is 5.75 Å². The summed E-state index contributed by atoms with van der Waals surface area (Å²) in [6, 6.07) is 17.1. The number of hydrogen-bond donors (Lipinski definition) is 1. The molecular weight excluding hydrogens is 318 g/mol. The molecule has 0 aliphatic rings. The maximum atomic E-state index is 6.20. The smallest absolute Gasteiger partial charge is 0.0176 e. The number of aryl methyl sites for hydroxylation is 1. The maximum absolute atomic E-state index is 6.20. The minimum Gasteiger partial charge on any atom is -0.327 e. The van der Waals surface area contributed by atoms with Crippen molar-refractivity contribution in [2.24, 2.45) is 5.73 Å². The van der Waals surface area contributed by atoms with E-state index in [1.165, 1.54) is 16.0 Å². The summed E-state index contributed by atoms with van der Waals surface area (Å²) >= 11 is 5.26. The Kier molecular flexibility index (Phi) is 5.49. The molecule has 3 heteroatoms. The van der Waals surface area contributed by atoms with E-state index in [-0.39, 0.29) is 6.04 Å². The monoisotopic (exact) mass is 335 g/mol. The van der Waals surface area contributed by atoms with Gasteiger partial charge in [-0.1, -0.05) is 45.8 Å². The normalized spacial score (nSPS) is 12.4. The molecule has 0 amide bonds. The lowest BCUT2D eigenvalue weighted by Crippen LogP contribution is -2.25. The highest BCUT2D eigenvalue weighted by atomic mass is 79.9. The van der Waals surface area contributed by atoms with Crippen molar-refractivity contribution in [1.29, 1.82) is 0 Å². The highest BCUT2D eigenvalue weighted by molar-refractivity contribution is 9.10. The summed E-state index contributed by atoms with van der Waals surface area (Å²) in [7, 11) is 0. The predicted molar refractivity (Wildman–Crippen MR) is 87.7 cm³/mol. The molecule has 2 aromatic carbocycles. The zero-order chi connectivity index (χ0) is 13.7. The SMILES string of the molecule is Cc1cccc(CC(N)CSc2ccc(Br)cc2)c1. The van der Waals surface area contributed by atoms with E-state index in [1.807, 2.05) is 11.8 Å². The first-order chi connectivity index (χ1) is 9.13. The first-order valence-corrected chi connectivity index (χ1v) is 8.11. The van der Waals surface area contributed by atoms with E-state index in [2.05, 4.69) is 71.4 Å². The summed E-state index contributed by atoms with van der Waals surface area (Å²) in [5.74, 6) is 0.940. The van der Waals surface area contributed by atoms with Crippen molar-refractivity contribution in [3.05, 3.63) is 64.1 Å². The van der Waals surface area contributed by atoms with Crippen molar-refractivity contribution < 1.29 is 0 Å². The Morgan fingerprint density at radius 1 is 1.16 bits per heavy atom. The van der Waals surface area contributed by atoms with E-state index in [0.717, 1.165) is 16.6 Å². The molecule has 2 aromatic rings. The molecule has 0 saturated carbocycles. The average molecular weight is 336 g/mol. The fraction of sp³-hybridized carbons (Fsp3) is 0.250. The second-order valence-corrected chi connectivity index (χ2v) is 6.73. The van der Waals surface area contributed by atoms with Gasteiger partial charge in [0.25, 0.3) is 0 Å². The second kappa shape index (κ2) is 7.13. The number of rotatable bonds is 5. The fourth-order valence-corrected chi connectivity index (χ4v) is 3.05. The molecule has 0 heterocycles. The molecule has 1 atom stereocenters. The fourth-order valence-electron chi connectivity index (χ4n) is 1.93. The highest BCUT2D eigenvalue weighted by Gasteiger charge is 2.05. The Morgan fingerprint density at radius 3 is 2.58 bits per heavy atom. The van der Waals surface area contributed by atoms with E-state index < -0.39 is 0 Å². The molecule has 0 aromatic heterocycles. The van der Waals surface area contributed by atoms with Gasteiger partial charge in [0.05, 0.1) is 0 Å². The van der Waals surface area contributed by atoms with Crippen molar-refractivity contribution in [3.63, 3.8) is 0 Å². The molecule has 1 nitrogen and oxygen atoms in total.